The van der Waals surface area contributed by atoms with E-state index in [1.807, 2.05) is 54.5 Å². The van der Waals surface area contributed by atoms with Crippen LogP contribution in [0.15, 0.2) is 23.8 Å². The van der Waals surface area contributed by atoms with Crippen molar-refractivity contribution in [1.29, 1.82) is 0 Å². The molecule has 122 valence electrons. The Hall–Kier alpha value is -1.77. The molecule has 0 N–H and O–H groups in total. The Bertz CT molecular complexity index is 553. The zero-order valence-electron chi connectivity index (χ0n) is 15.2. The van der Waals surface area contributed by atoms with Gasteiger partial charge >= 0.3 is 6.09 Å². The van der Waals surface area contributed by atoms with Crippen LogP contribution in [0.1, 0.15) is 51.3 Å². The molecule has 0 saturated heterocycles. The number of hydrogen-bond donors (Lipinski definition) is 0. The van der Waals surface area contributed by atoms with Crippen LogP contribution in [0, 0.1) is 20.8 Å². The minimum Gasteiger partial charge on any atom is -0.443 e. The first-order valence-electron chi connectivity index (χ1n) is 7.73. The van der Waals surface area contributed by atoms with Crippen LogP contribution in [0.2, 0.25) is 0 Å². The highest BCUT2D eigenvalue weighted by atomic mass is 16.6. The summed E-state index contributed by atoms with van der Waals surface area (Å²) in [5.74, 6) is 0. The molecule has 0 aliphatic carbocycles. The van der Waals surface area contributed by atoms with Crippen LogP contribution in [0.25, 0.3) is 0 Å². The van der Waals surface area contributed by atoms with Gasteiger partial charge in [0.2, 0.25) is 0 Å². The van der Waals surface area contributed by atoms with Gasteiger partial charge in [0, 0.05) is 6.54 Å². The Morgan fingerprint density at radius 3 is 2.05 bits per heavy atom. The molecule has 3 heteroatoms. The van der Waals surface area contributed by atoms with Crippen LogP contribution < -0.4 is 4.90 Å². The van der Waals surface area contributed by atoms with Gasteiger partial charge in [-0.25, -0.2) is 4.79 Å². The van der Waals surface area contributed by atoms with E-state index in [1.165, 1.54) is 11.1 Å². The van der Waals surface area contributed by atoms with Gasteiger partial charge < -0.3 is 4.74 Å². The number of benzene rings is 1. The molecule has 0 bridgehead atoms. The van der Waals surface area contributed by atoms with Gasteiger partial charge in [-0.1, -0.05) is 29.3 Å². The van der Waals surface area contributed by atoms with Crippen molar-refractivity contribution in [3.05, 3.63) is 40.5 Å². The van der Waals surface area contributed by atoms with Gasteiger partial charge in [0.15, 0.2) is 0 Å². The number of amides is 1. The fraction of sp³-hybridized carbons (Fsp3) is 0.526. The molecule has 1 amide bonds. The zero-order chi connectivity index (χ0) is 17.1. The Morgan fingerprint density at radius 2 is 1.64 bits per heavy atom. The molecule has 1 rings (SSSR count). The van der Waals surface area contributed by atoms with Crippen LogP contribution >= 0.6 is 0 Å². The number of ether oxygens (including phenoxy) is 1. The van der Waals surface area contributed by atoms with Crippen LogP contribution in [0.5, 0.6) is 0 Å². The van der Waals surface area contributed by atoms with E-state index in [4.69, 9.17) is 4.74 Å². The number of anilines is 1. The zero-order valence-corrected chi connectivity index (χ0v) is 15.2. The molecule has 22 heavy (non-hydrogen) atoms. The lowest BCUT2D eigenvalue weighted by molar-refractivity contribution is 0.0584. The summed E-state index contributed by atoms with van der Waals surface area (Å²) in [5, 5.41) is 0. The molecule has 0 spiro atoms. The van der Waals surface area contributed by atoms with Crippen molar-refractivity contribution in [2.75, 3.05) is 11.4 Å². The lowest BCUT2D eigenvalue weighted by Crippen LogP contribution is -2.38. The van der Waals surface area contributed by atoms with Crippen molar-refractivity contribution in [2.45, 2.75) is 61.0 Å². The molecule has 1 aromatic rings. The first-order chi connectivity index (χ1) is 10.0. The third-order valence-electron chi connectivity index (χ3n) is 3.20. The maximum absolute atomic E-state index is 12.6. The topological polar surface area (TPSA) is 29.5 Å². The number of hydrogen-bond acceptors (Lipinski definition) is 2. The van der Waals surface area contributed by atoms with Crippen molar-refractivity contribution in [1.82, 2.24) is 0 Å². The monoisotopic (exact) mass is 303 g/mol. The van der Waals surface area contributed by atoms with Crippen molar-refractivity contribution >= 4 is 11.8 Å². The number of allylic oxidation sites excluding steroid dienone is 1. The summed E-state index contributed by atoms with van der Waals surface area (Å²) < 4.78 is 5.58. The third kappa shape index (κ3) is 5.21. The van der Waals surface area contributed by atoms with Gasteiger partial charge in [-0.3, -0.25) is 4.90 Å². The first-order valence-corrected chi connectivity index (χ1v) is 7.73. The largest absolute Gasteiger partial charge is 0.443 e. The molecule has 0 heterocycles. The molecule has 0 aliphatic rings. The van der Waals surface area contributed by atoms with Crippen LogP contribution in [0.3, 0.4) is 0 Å². The molecule has 1 aromatic carbocycles. The lowest BCUT2D eigenvalue weighted by Gasteiger charge is -2.29. The van der Waals surface area contributed by atoms with Gasteiger partial charge in [-0.15, -0.1) is 0 Å². The van der Waals surface area contributed by atoms with Crippen LogP contribution in [-0.2, 0) is 4.74 Å². The van der Waals surface area contributed by atoms with E-state index < -0.39 is 5.60 Å². The number of carbonyl (C=O) groups excluding carboxylic acids is 1. The molecule has 0 aromatic heterocycles. The fourth-order valence-corrected chi connectivity index (χ4v) is 2.45. The molecule has 0 unspecified atom stereocenters. The van der Waals surface area contributed by atoms with E-state index in [0.717, 1.165) is 16.8 Å². The van der Waals surface area contributed by atoms with Gasteiger partial charge in [-0.2, -0.15) is 0 Å². The van der Waals surface area contributed by atoms with Crippen molar-refractivity contribution in [3.8, 4) is 0 Å². The number of nitrogens with zero attached hydrogens (tertiary/aromatic N) is 1. The van der Waals surface area contributed by atoms with E-state index >= 15 is 0 Å². The fourth-order valence-electron chi connectivity index (χ4n) is 2.45. The first kappa shape index (κ1) is 18.3. The highest BCUT2D eigenvalue weighted by Crippen LogP contribution is 2.28. The number of aryl methyl sites for hydroxylation is 3. The quantitative estimate of drug-likeness (QED) is 0.707. The smallest absolute Gasteiger partial charge is 0.415 e. The second-order valence-electron chi connectivity index (χ2n) is 7.12. The summed E-state index contributed by atoms with van der Waals surface area (Å²) in [5.41, 5.74) is 4.99. The SMILES string of the molecule is CC(C)=CCN(C(=O)OC(C)(C)C)c1c(C)cc(C)cc1C. The Kier molecular flexibility index (Phi) is 5.81. The summed E-state index contributed by atoms with van der Waals surface area (Å²) in [6.45, 7) is 16.4. The highest BCUT2D eigenvalue weighted by Gasteiger charge is 2.25. The van der Waals surface area contributed by atoms with Crippen LogP contribution in [0.4, 0.5) is 10.5 Å². The average Bonchev–Trinajstić information content (AvgIpc) is 2.29. The molecular formula is C19H29NO2. The van der Waals surface area contributed by atoms with E-state index in [2.05, 4.69) is 19.1 Å². The van der Waals surface area contributed by atoms with Gasteiger partial charge in [0.05, 0.1) is 5.69 Å². The summed E-state index contributed by atoms with van der Waals surface area (Å²) in [4.78, 5) is 14.4. The molecule has 0 fully saturated rings. The summed E-state index contributed by atoms with van der Waals surface area (Å²) >= 11 is 0. The average molecular weight is 303 g/mol. The van der Waals surface area contributed by atoms with Crippen molar-refractivity contribution in [2.24, 2.45) is 0 Å². The second kappa shape index (κ2) is 6.99. The van der Waals surface area contributed by atoms with Gasteiger partial charge in [0.1, 0.15) is 5.60 Å². The minimum atomic E-state index is -0.507. The summed E-state index contributed by atoms with van der Waals surface area (Å²) in [6.07, 6.45) is 1.74. The van der Waals surface area contributed by atoms with E-state index in [0.29, 0.717) is 6.54 Å². The van der Waals surface area contributed by atoms with Crippen molar-refractivity contribution in [3.63, 3.8) is 0 Å². The second-order valence-corrected chi connectivity index (χ2v) is 7.12. The summed E-state index contributed by atoms with van der Waals surface area (Å²) in [6, 6.07) is 4.20. The highest BCUT2D eigenvalue weighted by molar-refractivity contribution is 5.90. The van der Waals surface area contributed by atoms with E-state index in [9.17, 15) is 4.79 Å². The van der Waals surface area contributed by atoms with Gasteiger partial charge in [0.25, 0.3) is 0 Å². The Labute approximate surface area is 135 Å². The predicted octanol–water partition coefficient (Wildman–Crippen LogP) is 5.32. The third-order valence-corrected chi connectivity index (χ3v) is 3.20. The van der Waals surface area contributed by atoms with Gasteiger partial charge in [-0.05, 0) is 66.5 Å². The maximum atomic E-state index is 12.6. The van der Waals surface area contributed by atoms with Crippen LogP contribution in [-0.4, -0.2) is 18.2 Å². The molecule has 0 saturated carbocycles. The lowest BCUT2D eigenvalue weighted by atomic mass is 10.0. The number of carbonyl (C=O) groups is 1. The molecule has 0 aliphatic heterocycles. The Balaban J connectivity index is 3.27. The molecule has 3 nitrogen and oxygen atoms in total. The van der Waals surface area contributed by atoms with Crippen molar-refractivity contribution < 1.29 is 9.53 Å². The molecular weight excluding hydrogens is 274 g/mol. The minimum absolute atomic E-state index is 0.306. The summed E-state index contributed by atoms with van der Waals surface area (Å²) in [7, 11) is 0. The number of rotatable bonds is 3. The Morgan fingerprint density at radius 1 is 1.14 bits per heavy atom. The maximum Gasteiger partial charge on any atom is 0.415 e. The molecule has 0 radical (unpaired) electrons. The van der Waals surface area contributed by atoms with E-state index in [1.54, 1.807) is 4.90 Å². The van der Waals surface area contributed by atoms with E-state index in [-0.39, 0.29) is 6.09 Å². The normalized spacial score (nSPS) is 11.1. The predicted molar refractivity (Wildman–Crippen MR) is 93.7 cm³/mol. The standard InChI is InChI=1S/C19H29NO2/c1-13(2)9-10-20(18(21)22-19(6,7)8)17-15(4)11-14(3)12-16(17)5/h9,11-12H,10H2,1-8H3. The molecule has 0 atom stereocenters.